The molecule has 0 saturated carbocycles. The minimum absolute atomic E-state index is 0.141. The van der Waals surface area contributed by atoms with Gasteiger partial charge in [0.1, 0.15) is 5.82 Å². The molecule has 5 heteroatoms. The van der Waals surface area contributed by atoms with Crippen LogP contribution >= 0.6 is 11.6 Å². The molecule has 0 aliphatic rings. The highest BCUT2D eigenvalue weighted by Crippen LogP contribution is 2.20. The van der Waals surface area contributed by atoms with Crippen LogP contribution in [0.2, 0.25) is 5.02 Å². The molecule has 1 aromatic heterocycles. The van der Waals surface area contributed by atoms with Gasteiger partial charge in [-0.15, -0.1) is 0 Å². The summed E-state index contributed by atoms with van der Waals surface area (Å²) < 4.78 is 15.1. The Morgan fingerprint density at radius 1 is 1.30 bits per heavy atom. The number of hydrogen-bond donors (Lipinski definition) is 1. The summed E-state index contributed by atoms with van der Waals surface area (Å²) in [5, 5.41) is 4.76. The predicted octanol–water partition coefficient (Wildman–Crippen LogP) is 3.31. The van der Waals surface area contributed by atoms with Crippen LogP contribution in [-0.4, -0.2) is 9.78 Å². The van der Waals surface area contributed by atoms with Crippen LogP contribution in [0.25, 0.3) is 0 Å². The maximum Gasteiger partial charge on any atom is 0.141 e. The van der Waals surface area contributed by atoms with Gasteiger partial charge in [0.15, 0.2) is 0 Å². The van der Waals surface area contributed by atoms with Crippen LogP contribution in [0, 0.1) is 5.82 Å². The smallest absolute Gasteiger partial charge is 0.141 e. The van der Waals surface area contributed by atoms with Crippen LogP contribution in [-0.2, 0) is 25.9 Å². The molecule has 2 aromatic rings. The molecule has 0 saturated heterocycles. The Kier molecular flexibility index (Phi) is 4.78. The maximum absolute atomic E-state index is 13.2. The first kappa shape index (κ1) is 15.0. The lowest BCUT2D eigenvalue weighted by atomic mass is 10.1. The van der Waals surface area contributed by atoms with E-state index in [0.717, 1.165) is 35.4 Å². The molecule has 0 atom stereocenters. The Bertz CT molecular complexity index is 607. The van der Waals surface area contributed by atoms with Crippen LogP contribution in [0.4, 0.5) is 4.39 Å². The standard InChI is InChI=1S/C15H19ClFN3/c1-3-14-11(8-18)15(4-2)20(19-14)9-10-5-6-13(17)12(16)7-10/h5-7H,3-4,8-9,18H2,1-2H3. The third-order valence-corrected chi connectivity index (χ3v) is 3.73. The minimum Gasteiger partial charge on any atom is -0.326 e. The topological polar surface area (TPSA) is 43.8 Å². The number of aryl methyl sites for hydroxylation is 1. The van der Waals surface area contributed by atoms with Gasteiger partial charge in [-0.25, -0.2) is 4.39 Å². The summed E-state index contributed by atoms with van der Waals surface area (Å²) in [5.74, 6) is -0.400. The molecule has 20 heavy (non-hydrogen) atoms. The highest BCUT2D eigenvalue weighted by atomic mass is 35.5. The van der Waals surface area contributed by atoms with Crippen LogP contribution in [0.3, 0.4) is 0 Å². The molecule has 2 rings (SSSR count). The number of hydrogen-bond acceptors (Lipinski definition) is 2. The van der Waals surface area contributed by atoms with Gasteiger partial charge in [0.05, 0.1) is 17.3 Å². The van der Waals surface area contributed by atoms with Crippen molar-refractivity contribution in [2.45, 2.75) is 39.8 Å². The number of benzene rings is 1. The summed E-state index contributed by atoms with van der Waals surface area (Å²) in [6.45, 7) is 5.23. The van der Waals surface area contributed by atoms with E-state index in [2.05, 4.69) is 18.9 Å². The van der Waals surface area contributed by atoms with E-state index in [1.54, 1.807) is 12.1 Å². The van der Waals surface area contributed by atoms with E-state index in [0.29, 0.717) is 13.1 Å². The van der Waals surface area contributed by atoms with E-state index in [1.807, 2.05) is 4.68 Å². The number of halogens is 2. The molecular formula is C15H19ClFN3. The number of nitrogens with zero attached hydrogens (tertiary/aromatic N) is 2. The van der Waals surface area contributed by atoms with E-state index >= 15 is 0 Å². The van der Waals surface area contributed by atoms with Crippen molar-refractivity contribution in [2.75, 3.05) is 0 Å². The van der Waals surface area contributed by atoms with Gasteiger partial charge in [0.2, 0.25) is 0 Å². The van der Waals surface area contributed by atoms with E-state index in [1.165, 1.54) is 6.07 Å². The quantitative estimate of drug-likeness (QED) is 0.920. The van der Waals surface area contributed by atoms with Crippen molar-refractivity contribution in [1.29, 1.82) is 0 Å². The predicted molar refractivity (Wildman–Crippen MR) is 79.4 cm³/mol. The molecule has 1 heterocycles. The van der Waals surface area contributed by atoms with E-state index in [9.17, 15) is 4.39 Å². The summed E-state index contributed by atoms with van der Waals surface area (Å²) in [4.78, 5) is 0. The van der Waals surface area contributed by atoms with Crippen molar-refractivity contribution < 1.29 is 4.39 Å². The Labute approximate surface area is 123 Å². The van der Waals surface area contributed by atoms with Crippen molar-refractivity contribution >= 4 is 11.6 Å². The van der Waals surface area contributed by atoms with Crippen molar-refractivity contribution in [3.8, 4) is 0 Å². The zero-order chi connectivity index (χ0) is 14.7. The summed E-state index contributed by atoms with van der Waals surface area (Å²) in [6.07, 6.45) is 1.73. The summed E-state index contributed by atoms with van der Waals surface area (Å²) in [6, 6.07) is 4.76. The molecule has 0 spiro atoms. The second-order valence-corrected chi connectivity index (χ2v) is 5.10. The lowest BCUT2D eigenvalue weighted by Gasteiger charge is -2.08. The summed E-state index contributed by atoms with van der Waals surface area (Å²) in [7, 11) is 0. The summed E-state index contributed by atoms with van der Waals surface area (Å²) in [5.41, 5.74) is 10.1. The fourth-order valence-corrected chi connectivity index (χ4v) is 2.65. The normalized spacial score (nSPS) is 11.1. The SMILES string of the molecule is CCc1nn(Cc2ccc(F)c(Cl)c2)c(CC)c1CN. The van der Waals surface area contributed by atoms with Crippen molar-refractivity contribution in [2.24, 2.45) is 5.73 Å². The van der Waals surface area contributed by atoms with Crippen LogP contribution < -0.4 is 5.73 Å². The Morgan fingerprint density at radius 2 is 2.05 bits per heavy atom. The average molecular weight is 296 g/mol. The second-order valence-electron chi connectivity index (χ2n) is 4.69. The third-order valence-electron chi connectivity index (χ3n) is 3.44. The van der Waals surface area contributed by atoms with Gasteiger partial charge in [-0.2, -0.15) is 5.10 Å². The largest absolute Gasteiger partial charge is 0.326 e. The molecule has 3 nitrogen and oxygen atoms in total. The summed E-state index contributed by atoms with van der Waals surface area (Å²) >= 11 is 5.82. The van der Waals surface area contributed by atoms with Crippen LogP contribution in [0.1, 0.15) is 36.4 Å². The Hall–Kier alpha value is -1.39. The van der Waals surface area contributed by atoms with Gasteiger partial charge < -0.3 is 5.73 Å². The van der Waals surface area contributed by atoms with Gasteiger partial charge in [-0.3, -0.25) is 4.68 Å². The van der Waals surface area contributed by atoms with Gasteiger partial charge in [0, 0.05) is 17.8 Å². The lowest BCUT2D eigenvalue weighted by Crippen LogP contribution is -2.08. The van der Waals surface area contributed by atoms with Crippen molar-refractivity contribution in [3.05, 3.63) is 51.6 Å². The van der Waals surface area contributed by atoms with Gasteiger partial charge in [-0.1, -0.05) is 31.5 Å². The Morgan fingerprint density at radius 3 is 2.60 bits per heavy atom. The van der Waals surface area contributed by atoms with Crippen molar-refractivity contribution in [3.63, 3.8) is 0 Å². The number of aromatic nitrogens is 2. The molecule has 1 aromatic carbocycles. The molecule has 0 unspecified atom stereocenters. The highest BCUT2D eigenvalue weighted by molar-refractivity contribution is 6.30. The first-order valence-corrected chi connectivity index (χ1v) is 7.19. The lowest BCUT2D eigenvalue weighted by molar-refractivity contribution is 0.619. The van der Waals surface area contributed by atoms with E-state index in [-0.39, 0.29) is 5.02 Å². The molecular weight excluding hydrogens is 277 g/mol. The molecule has 2 N–H and O–H groups in total. The van der Waals surface area contributed by atoms with E-state index < -0.39 is 5.82 Å². The highest BCUT2D eigenvalue weighted by Gasteiger charge is 2.14. The first-order valence-electron chi connectivity index (χ1n) is 6.82. The number of rotatable bonds is 5. The fourth-order valence-electron chi connectivity index (χ4n) is 2.45. The molecule has 0 radical (unpaired) electrons. The van der Waals surface area contributed by atoms with Crippen molar-refractivity contribution in [1.82, 2.24) is 9.78 Å². The van der Waals surface area contributed by atoms with Gasteiger partial charge >= 0.3 is 0 Å². The molecule has 0 bridgehead atoms. The van der Waals surface area contributed by atoms with Crippen LogP contribution in [0.5, 0.6) is 0 Å². The minimum atomic E-state index is -0.400. The van der Waals surface area contributed by atoms with Crippen LogP contribution in [0.15, 0.2) is 18.2 Å². The molecule has 0 amide bonds. The average Bonchev–Trinajstić information content (AvgIpc) is 2.79. The Balaban J connectivity index is 2.37. The number of nitrogens with two attached hydrogens (primary N) is 1. The molecule has 0 aliphatic carbocycles. The third kappa shape index (κ3) is 2.86. The zero-order valence-electron chi connectivity index (χ0n) is 11.8. The zero-order valence-corrected chi connectivity index (χ0v) is 12.5. The van der Waals surface area contributed by atoms with E-state index in [4.69, 9.17) is 17.3 Å². The second kappa shape index (κ2) is 6.37. The van der Waals surface area contributed by atoms with Gasteiger partial charge in [-0.05, 0) is 30.5 Å². The first-order chi connectivity index (χ1) is 9.60. The monoisotopic (exact) mass is 295 g/mol. The fraction of sp³-hybridized carbons (Fsp3) is 0.400. The molecule has 0 aliphatic heterocycles. The maximum atomic E-state index is 13.2. The molecule has 108 valence electrons. The molecule has 0 fully saturated rings. The van der Waals surface area contributed by atoms with Gasteiger partial charge in [0.25, 0.3) is 0 Å².